The molecule has 0 atom stereocenters. The minimum atomic E-state index is -0.552. The lowest BCUT2D eigenvalue weighted by atomic mass is 9.95. The Labute approximate surface area is 199 Å². The van der Waals surface area contributed by atoms with Crippen LogP contribution in [0.3, 0.4) is 0 Å². The van der Waals surface area contributed by atoms with Crippen molar-refractivity contribution in [2.24, 2.45) is 0 Å². The van der Waals surface area contributed by atoms with Crippen LogP contribution >= 0.6 is 11.3 Å². The topological polar surface area (TPSA) is 95.2 Å². The highest BCUT2D eigenvalue weighted by molar-refractivity contribution is 7.25. The van der Waals surface area contributed by atoms with E-state index in [1.165, 1.54) is 22.3 Å². The van der Waals surface area contributed by atoms with Crippen LogP contribution in [0.4, 0.5) is 0 Å². The fourth-order valence-corrected chi connectivity index (χ4v) is 5.71. The third kappa shape index (κ3) is 4.11. The van der Waals surface area contributed by atoms with Crippen molar-refractivity contribution in [3.05, 3.63) is 63.4 Å². The minimum Gasteiger partial charge on any atom is -0.494 e. The number of ether oxygens (including phenoxy) is 1. The minimum absolute atomic E-state index is 0.130. The van der Waals surface area contributed by atoms with Crippen molar-refractivity contribution >= 4 is 37.7 Å². The maximum absolute atomic E-state index is 13.7. The van der Waals surface area contributed by atoms with Crippen molar-refractivity contribution < 1.29 is 9.53 Å². The average Bonchev–Trinajstić information content (AvgIpc) is 3.24. The summed E-state index contributed by atoms with van der Waals surface area (Å²) in [7, 11) is 0. The summed E-state index contributed by atoms with van der Waals surface area (Å²) in [6, 6.07) is 10.5. The van der Waals surface area contributed by atoms with E-state index in [0.717, 1.165) is 30.3 Å². The lowest BCUT2D eigenvalue weighted by Gasteiger charge is -2.23. The van der Waals surface area contributed by atoms with Crippen LogP contribution in [-0.4, -0.2) is 32.7 Å². The van der Waals surface area contributed by atoms with Crippen molar-refractivity contribution in [3.63, 3.8) is 0 Å². The number of nitrogens with zero attached hydrogens (tertiary/aromatic N) is 3. The van der Waals surface area contributed by atoms with Crippen molar-refractivity contribution in [1.29, 1.82) is 0 Å². The first kappa shape index (κ1) is 22.3. The van der Waals surface area contributed by atoms with Gasteiger partial charge in [0.2, 0.25) is 5.91 Å². The van der Waals surface area contributed by atoms with E-state index in [1.54, 1.807) is 36.5 Å². The molecule has 1 aliphatic carbocycles. The first-order chi connectivity index (χ1) is 16.6. The van der Waals surface area contributed by atoms with Gasteiger partial charge in [-0.25, -0.2) is 14.3 Å². The number of thiophene rings is 1. The Balaban J connectivity index is 1.65. The van der Waals surface area contributed by atoms with Crippen molar-refractivity contribution in [3.8, 4) is 11.4 Å². The van der Waals surface area contributed by atoms with Gasteiger partial charge in [0.1, 0.15) is 21.8 Å². The molecule has 0 saturated heterocycles. The van der Waals surface area contributed by atoms with Gasteiger partial charge in [0.25, 0.3) is 5.56 Å². The normalized spacial score (nSPS) is 14.5. The molecule has 5 rings (SSSR count). The van der Waals surface area contributed by atoms with Crippen molar-refractivity contribution in [2.75, 3.05) is 6.61 Å². The number of aromatic nitrogens is 3. The summed E-state index contributed by atoms with van der Waals surface area (Å²) < 4.78 is 8.42. The molecule has 9 heteroatoms. The third-order valence-electron chi connectivity index (χ3n) is 6.21. The second kappa shape index (κ2) is 9.42. The van der Waals surface area contributed by atoms with Crippen LogP contribution in [0.5, 0.6) is 5.75 Å². The predicted molar refractivity (Wildman–Crippen MR) is 133 cm³/mol. The van der Waals surface area contributed by atoms with Gasteiger partial charge in [-0.1, -0.05) is 19.3 Å². The second-order valence-electron chi connectivity index (χ2n) is 8.47. The van der Waals surface area contributed by atoms with Crippen LogP contribution in [-0.2, 0) is 11.3 Å². The molecule has 0 radical (unpaired) electrons. The molecule has 1 N–H and O–H groups in total. The highest BCUT2D eigenvalue weighted by atomic mass is 32.1. The molecule has 1 amide bonds. The Kier molecular flexibility index (Phi) is 6.19. The van der Waals surface area contributed by atoms with E-state index in [1.807, 2.05) is 13.0 Å². The van der Waals surface area contributed by atoms with Gasteiger partial charge in [0.15, 0.2) is 0 Å². The van der Waals surface area contributed by atoms with Crippen molar-refractivity contribution in [2.45, 2.75) is 51.6 Å². The Hall–Kier alpha value is -3.46. The quantitative estimate of drug-likeness (QED) is 0.457. The largest absolute Gasteiger partial charge is 0.494 e. The molecule has 0 bridgehead atoms. The zero-order valence-electron chi connectivity index (χ0n) is 19.0. The van der Waals surface area contributed by atoms with Gasteiger partial charge in [-0.15, -0.1) is 11.3 Å². The number of carbonyl (C=O) groups is 1. The molecule has 1 saturated carbocycles. The molecule has 0 unspecified atom stereocenters. The number of nitrogens with one attached hydrogen (secondary N) is 1. The molecule has 1 aromatic carbocycles. The monoisotopic (exact) mass is 478 g/mol. The van der Waals surface area contributed by atoms with E-state index in [-0.39, 0.29) is 18.5 Å². The molecule has 8 nitrogen and oxygen atoms in total. The van der Waals surface area contributed by atoms with E-state index in [4.69, 9.17) is 4.74 Å². The van der Waals surface area contributed by atoms with Crippen molar-refractivity contribution in [1.82, 2.24) is 19.4 Å². The number of fused-ring (bicyclic) bond motifs is 3. The van der Waals surface area contributed by atoms with Gasteiger partial charge in [-0.2, -0.15) is 0 Å². The summed E-state index contributed by atoms with van der Waals surface area (Å²) in [5.74, 6) is 0.425. The molecule has 0 aliphatic heterocycles. The zero-order valence-corrected chi connectivity index (χ0v) is 19.8. The van der Waals surface area contributed by atoms with Crippen LogP contribution in [0.15, 0.2) is 52.2 Å². The predicted octanol–water partition coefficient (Wildman–Crippen LogP) is 3.61. The highest BCUT2D eigenvalue weighted by Gasteiger charge is 2.22. The molecule has 3 aromatic heterocycles. The summed E-state index contributed by atoms with van der Waals surface area (Å²) in [5, 5.41) is 3.78. The maximum atomic E-state index is 13.7. The highest BCUT2D eigenvalue weighted by Crippen LogP contribution is 2.29. The van der Waals surface area contributed by atoms with Crippen LogP contribution in [0.2, 0.25) is 0 Å². The number of rotatable bonds is 6. The molecule has 4 aromatic rings. The fourth-order valence-electron chi connectivity index (χ4n) is 4.63. The van der Waals surface area contributed by atoms with Crippen LogP contribution in [0.25, 0.3) is 26.1 Å². The van der Waals surface area contributed by atoms with Gasteiger partial charge in [-0.3, -0.25) is 14.2 Å². The average molecular weight is 479 g/mol. The second-order valence-corrected chi connectivity index (χ2v) is 9.47. The summed E-state index contributed by atoms with van der Waals surface area (Å²) >= 11 is 1.23. The number of carbonyl (C=O) groups excluding carboxylic acids is 1. The first-order valence-corrected chi connectivity index (χ1v) is 12.4. The number of hydrogen-bond acceptors (Lipinski definition) is 6. The van der Waals surface area contributed by atoms with E-state index in [0.29, 0.717) is 38.5 Å². The number of benzene rings is 1. The summed E-state index contributed by atoms with van der Waals surface area (Å²) in [4.78, 5) is 45.2. The lowest BCUT2D eigenvalue weighted by molar-refractivity contribution is -0.122. The number of amides is 1. The van der Waals surface area contributed by atoms with Gasteiger partial charge in [0, 0.05) is 17.6 Å². The molecule has 176 valence electrons. The molecular formula is C25H26N4O4S. The summed E-state index contributed by atoms with van der Waals surface area (Å²) in [6.45, 7) is 2.24. The number of pyridine rings is 1. The molecular weight excluding hydrogens is 452 g/mol. The molecule has 1 fully saturated rings. The van der Waals surface area contributed by atoms with E-state index in [2.05, 4.69) is 10.3 Å². The Morgan fingerprint density at radius 3 is 2.65 bits per heavy atom. The fraction of sp³-hybridized carbons (Fsp3) is 0.360. The molecule has 0 spiro atoms. The zero-order chi connectivity index (χ0) is 23.7. The van der Waals surface area contributed by atoms with Gasteiger partial charge < -0.3 is 10.1 Å². The Bertz CT molecular complexity index is 1460. The lowest BCUT2D eigenvalue weighted by Crippen LogP contribution is -2.43. The van der Waals surface area contributed by atoms with Crippen LogP contribution in [0, 0.1) is 0 Å². The first-order valence-electron chi connectivity index (χ1n) is 11.6. The number of hydrogen-bond donors (Lipinski definition) is 1. The Morgan fingerprint density at radius 2 is 1.91 bits per heavy atom. The molecule has 3 heterocycles. The maximum Gasteiger partial charge on any atom is 0.336 e. The van der Waals surface area contributed by atoms with E-state index < -0.39 is 11.2 Å². The van der Waals surface area contributed by atoms with Gasteiger partial charge in [-0.05, 0) is 56.2 Å². The van der Waals surface area contributed by atoms with Gasteiger partial charge in [0.05, 0.1) is 17.8 Å². The van der Waals surface area contributed by atoms with Crippen LogP contribution < -0.4 is 21.3 Å². The van der Waals surface area contributed by atoms with E-state index >= 15 is 0 Å². The van der Waals surface area contributed by atoms with Crippen LogP contribution in [0.1, 0.15) is 39.0 Å². The van der Waals surface area contributed by atoms with Gasteiger partial charge >= 0.3 is 5.69 Å². The summed E-state index contributed by atoms with van der Waals surface area (Å²) in [5.41, 5.74) is -0.0867. The third-order valence-corrected chi connectivity index (χ3v) is 7.30. The summed E-state index contributed by atoms with van der Waals surface area (Å²) in [6.07, 6.45) is 6.94. The van der Waals surface area contributed by atoms with E-state index in [9.17, 15) is 14.4 Å². The SMILES string of the molecule is CCOc1ccc(-n2c(=O)c3sc4ncccc4c3n(CC(=O)NC3CCCCC3)c2=O)cc1. The molecule has 34 heavy (non-hydrogen) atoms. The Morgan fingerprint density at radius 1 is 1.15 bits per heavy atom. The standard InChI is InChI=1S/C25H26N4O4S/c1-2-33-18-12-10-17(11-13-18)29-24(31)22-21(19-9-6-14-26-23(19)34-22)28(25(29)32)15-20(30)27-16-7-4-3-5-8-16/h6,9-14,16H,2-5,7-8,15H2,1H3,(H,27,30). The smallest absolute Gasteiger partial charge is 0.336 e. The molecule has 1 aliphatic rings.